The molecule has 38 nitrogen and oxygen atoms in total. The Kier molecular flexibility index (Phi) is 29.9. The molecular weight excluding hydrogens is 1660 g/mol. The van der Waals surface area contributed by atoms with Crippen molar-refractivity contribution in [2.45, 2.75) is 87.8 Å². The summed E-state index contributed by atoms with van der Waals surface area (Å²) < 4.78 is 152. The molecule has 4 aliphatic heterocycles. The number of rotatable bonds is 38. The van der Waals surface area contributed by atoms with Crippen LogP contribution in [0.25, 0.3) is 27.0 Å². The van der Waals surface area contributed by atoms with Gasteiger partial charge in [-0.2, -0.15) is 25.5 Å². The molecule has 622 valence electrons. The van der Waals surface area contributed by atoms with E-state index in [9.17, 15) is 74.1 Å². The zero-order valence-electron chi connectivity index (χ0n) is 62.2. The zero-order valence-corrected chi connectivity index (χ0v) is 68.1. The number of esters is 1. The van der Waals surface area contributed by atoms with Gasteiger partial charge in [0.15, 0.2) is 6.23 Å². The van der Waals surface area contributed by atoms with Crippen LogP contribution in [0.15, 0.2) is 132 Å². The van der Waals surface area contributed by atoms with E-state index in [0.717, 1.165) is 59.1 Å². The first-order valence-electron chi connectivity index (χ1n) is 36.1. The monoisotopic (exact) mass is 1740 g/mol. The number of anilines is 2. The number of allylic oxidation sites excluding steroid dienone is 1. The molecule has 4 aromatic carbocycles. The molecular formula is C71H83N12O26P3S4. The van der Waals surface area contributed by atoms with Crippen molar-refractivity contribution in [2.75, 3.05) is 107 Å². The zero-order chi connectivity index (χ0) is 83.1. The minimum Gasteiger partial charge on any atom is -0.491 e. The van der Waals surface area contributed by atoms with E-state index in [-0.39, 0.29) is 115 Å². The highest BCUT2D eigenvalue weighted by molar-refractivity contribution is 8.76. The lowest BCUT2D eigenvalue weighted by atomic mass is 9.80. The lowest BCUT2D eigenvalue weighted by Crippen LogP contribution is -2.42. The van der Waals surface area contributed by atoms with Crippen molar-refractivity contribution in [3.05, 3.63) is 181 Å². The van der Waals surface area contributed by atoms with E-state index < -0.39 is 111 Å². The van der Waals surface area contributed by atoms with Gasteiger partial charge in [-0.25, -0.2) is 28.5 Å². The first kappa shape index (κ1) is 88.3. The summed E-state index contributed by atoms with van der Waals surface area (Å²) in [6.45, 7) is 1.75. The Morgan fingerprint density at radius 1 is 0.853 bits per heavy atom. The summed E-state index contributed by atoms with van der Waals surface area (Å²) in [4.78, 5) is 108. The standard InChI is InChI=1S/C71H83N12O26P3S4/c1-44(114-113-2)50-18-3-6-21-53(50)71(87)107-60-38-64(106-61(60)40-104-111(91,92)109-112(93,94)108-110(88,89)90)83-39-48(65-67(72)77-43-78-68(65)83)14-8-22-74-62(84)41-101-29-30-102-63(79-80-73)42-103-49-17-7-13-47(33-49)69(85)75-23-24-76-70(86)52-20-5-4-19-51(52)66-54-34-45-15-9-25-81(27-11-31-115(95,96)97)56(45)36-58(54)105-59-37-57-46(35-55(59)66)16-10-26-82(57)28-12-32-116(98,99)100/h3-7,13,17-21,33-37,39,43-44,56,60-61,63-64H,9-12,15-16,22-32,38,40-42H2,1-2H3,(H,74,84)(H,75,85)(H,76,86)(H,91,92)(H,93,94)(H2,72,77,78)(H2,88,89,90)(H,95,96,97)(H,98,99,100)/t44?,56?,60?,61-,63?,64-/m1/s1. The number of nitrogens with one attached hydrogen (secondary N) is 3. The number of piperidine rings is 1. The van der Waals surface area contributed by atoms with Gasteiger partial charge in [-0.05, 0) is 135 Å². The first-order chi connectivity index (χ1) is 55.2. The molecule has 2 aromatic heterocycles. The second-order valence-corrected chi connectivity index (χ2v) is 37.1. The number of phosphoric ester groups is 1. The molecule has 6 heterocycles. The molecule has 0 radical (unpaired) electrons. The highest BCUT2D eigenvalue weighted by atomic mass is 33.1. The van der Waals surface area contributed by atoms with Gasteiger partial charge in [0, 0.05) is 95.1 Å². The van der Waals surface area contributed by atoms with E-state index >= 15 is 0 Å². The fourth-order valence-corrected chi connectivity index (χ4v) is 19.6. The maximum atomic E-state index is 14.4. The molecule has 2 fully saturated rings. The molecule has 0 spiro atoms. The van der Waals surface area contributed by atoms with Gasteiger partial charge in [0.05, 0.1) is 60.4 Å². The van der Waals surface area contributed by atoms with Gasteiger partial charge in [-0.3, -0.25) is 32.9 Å². The maximum Gasteiger partial charge on any atom is 0.490 e. The Labute approximate surface area is 673 Å². The number of aromatic nitrogens is 3. The number of amides is 3. The summed E-state index contributed by atoms with van der Waals surface area (Å²) in [5.74, 6) is 3.84. The normalized spacial score (nSPS) is 18.9. The summed E-state index contributed by atoms with van der Waals surface area (Å²) in [7, 11) is -22.7. The van der Waals surface area contributed by atoms with Gasteiger partial charge in [0.25, 0.3) is 32.1 Å². The Bertz CT molecular complexity index is 5310. The van der Waals surface area contributed by atoms with Crippen molar-refractivity contribution >= 4 is 117 Å². The number of hydrogen-bond acceptors (Lipinski definition) is 28. The Morgan fingerprint density at radius 3 is 2.34 bits per heavy atom. The van der Waals surface area contributed by atoms with Crippen LogP contribution in [0.2, 0.25) is 0 Å². The summed E-state index contributed by atoms with van der Waals surface area (Å²) in [5.41, 5.74) is 23.1. The smallest absolute Gasteiger partial charge is 0.490 e. The third kappa shape index (κ3) is 24.1. The molecule has 116 heavy (non-hydrogen) atoms. The summed E-state index contributed by atoms with van der Waals surface area (Å²) in [6, 6.07) is 23.7. The number of nitrogen functional groups attached to an aromatic ring is 1. The number of nitrogens with zero attached hydrogens (tertiary/aromatic N) is 8. The number of benzene rings is 4. The van der Waals surface area contributed by atoms with Crippen molar-refractivity contribution in [3.63, 3.8) is 0 Å². The lowest BCUT2D eigenvalue weighted by molar-refractivity contribution is -0.126. The second-order valence-electron chi connectivity index (χ2n) is 26.7. The van der Waals surface area contributed by atoms with Crippen LogP contribution in [0, 0.1) is 11.8 Å². The van der Waals surface area contributed by atoms with Crippen molar-refractivity contribution in [1.82, 2.24) is 35.4 Å². The second kappa shape index (κ2) is 39.3. The summed E-state index contributed by atoms with van der Waals surface area (Å²) in [5, 5.41) is 12.1. The average molecular weight is 1740 g/mol. The highest BCUT2D eigenvalue weighted by Crippen LogP contribution is 2.66. The van der Waals surface area contributed by atoms with E-state index in [1.165, 1.54) is 38.4 Å². The summed E-state index contributed by atoms with van der Waals surface area (Å²) in [6.07, 6.45) is 6.81. The third-order valence-electron chi connectivity index (χ3n) is 18.7. The molecule has 1 aliphatic carbocycles. The number of nitrogens with two attached hydrogens (primary N) is 1. The predicted molar refractivity (Wildman–Crippen MR) is 425 cm³/mol. The Hall–Kier alpha value is -8.56. The van der Waals surface area contributed by atoms with Crippen LogP contribution >= 0.6 is 45.1 Å². The van der Waals surface area contributed by atoms with E-state index in [1.54, 1.807) is 54.6 Å². The lowest BCUT2D eigenvalue weighted by Gasteiger charge is -2.40. The van der Waals surface area contributed by atoms with Gasteiger partial charge in [-0.15, -0.1) is 0 Å². The van der Waals surface area contributed by atoms with Gasteiger partial charge in [0.1, 0.15) is 66.7 Å². The van der Waals surface area contributed by atoms with Crippen LogP contribution in [0.3, 0.4) is 0 Å². The SMILES string of the molecule is CSSC(C)c1ccccc1C(=O)OC1C[C@H](n2cc(C#CCNC(=O)COCCOC(COc3cccc(C(=O)NCCNC(=O)c4ccccc4C4=C5C=C6CCCN(CCCS(=O)(=O)O)C6C=C5Oc5cc6c(cc54)CCCN6CCCS(=O)(=O)O)c3)N=[N+]=[N-])c3c(N)ncnc32)O[C@@H]1COP(=O)(O)OP(=O)(O)OP(=O)(O)O. The molecule has 6 unspecified atom stereocenters. The number of carbonyl (C=O) groups is 4. The van der Waals surface area contributed by atoms with E-state index in [4.69, 9.17) is 48.5 Å². The van der Waals surface area contributed by atoms with Crippen LogP contribution < -0.4 is 36.1 Å². The van der Waals surface area contributed by atoms with Crippen LogP contribution in [0.5, 0.6) is 11.5 Å². The van der Waals surface area contributed by atoms with Gasteiger partial charge >= 0.3 is 29.4 Å². The Morgan fingerprint density at radius 2 is 1.59 bits per heavy atom. The van der Waals surface area contributed by atoms with Crippen LogP contribution in [0.1, 0.15) is 116 Å². The minimum atomic E-state index is -5.91. The summed E-state index contributed by atoms with van der Waals surface area (Å²) >= 11 is 0. The minimum absolute atomic E-state index is 0.0121. The predicted octanol–water partition coefficient (Wildman–Crippen LogP) is 8.11. The molecule has 0 bridgehead atoms. The van der Waals surface area contributed by atoms with Crippen LogP contribution in [-0.4, -0.2) is 210 Å². The van der Waals surface area contributed by atoms with Crippen molar-refractivity contribution in [3.8, 4) is 23.3 Å². The molecule has 2 saturated heterocycles. The third-order valence-corrected chi connectivity index (χ3v) is 26.3. The Balaban J connectivity index is 0.661. The number of azide groups is 1. The number of fused-ring (bicyclic) bond motifs is 5. The average Bonchev–Trinajstić information content (AvgIpc) is 0.921. The van der Waals surface area contributed by atoms with Crippen molar-refractivity contribution in [1.29, 1.82) is 0 Å². The van der Waals surface area contributed by atoms with E-state index in [1.807, 2.05) is 37.5 Å². The van der Waals surface area contributed by atoms with Crippen LogP contribution in [-0.2, 0) is 77.2 Å². The fourth-order valence-electron chi connectivity index (χ4n) is 13.8. The van der Waals surface area contributed by atoms with Crippen molar-refractivity contribution in [2.24, 2.45) is 5.11 Å². The molecule has 6 aromatic rings. The number of aryl methyl sites for hydroxylation is 1. The molecule has 8 atom stereocenters. The fraction of sp³-hybridized carbons (Fsp3) is 0.408. The number of hydrogen-bond donors (Lipinski definition) is 10. The van der Waals surface area contributed by atoms with Crippen molar-refractivity contribution < 1.29 is 120 Å². The molecule has 3 amide bonds. The largest absolute Gasteiger partial charge is 0.491 e. The molecule has 0 saturated carbocycles. The molecule has 45 heteroatoms. The van der Waals surface area contributed by atoms with Gasteiger partial charge < -0.3 is 79.1 Å². The quantitative estimate of drug-likeness (QED) is 0.00201. The highest BCUT2D eigenvalue weighted by Gasteiger charge is 2.46. The topological polar surface area (TPSA) is 540 Å². The number of phosphoric acid groups is 3. The van der Waals surface area contributed by atoms with Gasteiger partial charge in [0.2, 0.25) is 5.91 Å². The first-order valence-corrected chi connectivity index (χ1v) is 46.4. The van der Waals surface area contributed by atoms with Gasteiger partial charge in [-0.1, -0.05) is 81.0 Å². The number of likely N-dealkylation sites (tertiary alicyclic amines) is 1. The number of ether oxygens (including phenoxy) is 6. The van der Waals surface area contributed by atoms with E-state index in [0.29, 0.717) is 60.8 Å². The van der Waals surface area contributed by atoms with Crippen LogP contribution in [0.4, 0.5) is 11.5 Å². The molecule has 11 rings (SSSR count). The van der Waals surface area contributed by atoms with E-state index in [2.05, 4.69) is 78.3 Å². The molecule has 11 N–H and O–H groups in total. The molecule has 5 aliphatic rings. The maximum absolute atomic E-state index is 14.4. The number of carbonyl (C=O) groups excluding carboxylic acids is 4.